The first-order valence-electron chi connectivity index (χ1n) is 5.88. The number of carbonyl (C=O) groups excluding carboxylic acids is 1. The molecule has 108 valence electrons. The van der Waals surface area contributed by atoms with Crippen LogP contribution in [0.4, 0.5) is 0 Å². The third-order valence-electron chi connectivity index (χ3n) is 2.84. The van der Waals surface area contributed by atoms with Crippen LogP contribution in [0.25, 0.3) is 5.65 Å². The molecule has 0 spiro atoms. The van der Waals surface area contributed by atoms with Crippen molar-refractivity contribution in [3.05, 3.63) is 22.5 Å². The van der Waals surface area contributed by atoms with Crippen molar-refractivity contribution in [1.29, 1.82) is 0 Å². The van der Waals surface area contributed by atoms with Gasteiger partial charge in [-0.3, -0.25) is 4.79 Å². The molecule has 1 aliphatic rings. The smallest absolute Gasteiger partial charge is 0.353 e. The molecule has 1 aliphatic carbocycles. The molecule has 0 aromatic carbocycles. The highest BCUT2D eigenvalue weighted by atomic mass is 35.5. The zero-order valence-electron chi connectivity index (χ0n) is 10.4. The van der Waals surface area contributed by atoms with Crippen molar-refractivity contribution >= 4 is 23.2 Å². The zero-order valence-corrected chi connectivity index (χ0v) is 11.2. The monoisotopic (exact) mass is 300 g/mol. The van der Waals surface area contributed by atoms with Gasteiger partial charge < -0.3 is 10.8 Å². The molecule has 20 heavy (non-hydrogen) atoms. The van der Waals surface area contributed by atoms with Crippen molar-refractivity contribution in [3.63, 3.8) is 0 Å². The molecule has 1 amide bonds. The largest absolute Gasteiger partial charge is 0.412 e. The van der Waals surface area contributed by atoms with Gasteiger partial charge in [-0.25, -0.2) is 14.2 Å². The lowest BCUT2D eigenvalue weighted by Gasteiger charge is -2.02. The van der Waals surface area contributed by atoms with E-state index in [4.69, 9.17) is 11.6 Å². The number of nitrogens with zero attached hydrogens (tertiary/aromatic N) is 5. The molecule has 10 heteroatoms. The van der Waals surface area contributed by atoms with Crippen molar-refractivity contribution in [3.8, 4) is 0 Å². The summed E-state index contributed by atoms with van der Waals surface area (Å²) in [5.41, 5.74) is -0.132. The first kappa shape index (κ1) is 14.4. The van der Waals surface area contributed by atoms with Crippen LogP contribution in [-0.4, -0.2) is 47.7 Å². The molecule has 2 aromatic rings. The summed E-state index contributed by atoms with van der Waals surface area (Å²) < 4.78 is 2.33. The predicted molar refractivity (Wildman–Crippen MR) is 69.9 cm³/mol. The second-order valence-electron chi connectivity index (χ2n) is 4.32. The van der Waals surface area contributed by atoms with Crippen LogP contribution in [0.15, 0.2) is 11.1 Å². The van der Waals surface area contributed by atoms with Crippen LogP contribution in [0, 0.1) is 0 Å². The van der Waals surface area contributed by atoms with Gasteiger partial charge in [0.25, 0.3) is 5.91 Å². The van der Waals surface area contributed by atoms with Crippen LogP contribution in [0.5, 0.6) is 0 Å². The fourth-order valence-electron chi connectivity index (χ4n) is 1.70. The maximum Gasteiger partial charge on any atom is 0.353 e. The molecule has 1 saturated carbocycles. The Bertz CT molecular complexity index is 692. The second kappa shape index (κ2) is 5.55. The Hall–Kier alpha value is -2.00. The summed E-state index contributed by atoms with van der Waals surface area (Å²) in [5.74, 6) is -0.0714. The van der Waals surface area contributed by atoms with Gasteiger partial charge in [0.15, 0.2) is 11.3 Å². The fourth-order valence-corrected chi connectivity index (χ4v) is 1.86. The topological polar surface area (TPSA) is 126 Å². The number of aromatic nitrogens is 5. The van der Waals surface area contributed by atoms with E-state index < -0.39 is 5.69 Å². The highest BCUT2D eigenvalue weighted by Gasteiger charge is 2.26. The number of rotatable bonds is 4. The summed E-state index contributed by atoms with van der Waals surface area (Å²) in [6.45, 7) is 0.255. The molecule has 2 heterocycles. The molecular formula is C10H13ClN6O3. The number of hydrogen-bond acceptors (Lipinski definition) is 5. The second-order valence-corrected chi connectivity index (χ2v) is 4.70. The van der Waals surface area contributed by atoms with E-state index in [-0.39, 0.29) is 41.2 Å². The number of alkyl halides is 1. The quantitative estimate of drug-likeness (QED) is 0.694. The normalized spacial score (nSPS) is 14.1. The Labute approximate surface area is 117 Å². The summed E-state index contributed by atoms with van der Waals surface area (Å²) in [4.78, 5) is 27.8. The van der Waals surface area contributed by atoms with Crippen molar-refractivity contribution in [1.82, 2.24) is 29.7 Å². The summed E-state index contributed by atoms with van der Waals surface area (Å²) in [6, 6.07) is 0.217. The molecule has 0 radical (unpaired) electrons. The van der Waals surface area contributed by atoms with Crippen LogP contribution in [0.2, 0.25) is 0 Å². The Morgan fingerprint density at radius 2 is 2.25 bits per heavy atom. The van der Waals surface area contributed by atoms with Crippen molar-refractivity contribution in [2.75, 3.05) is 5.88 Å². The minimum atomic E-state index is -0.413. The number of nitrogens with one attached hydrogen (secondary N) is 1. The summed E-state index contributed by atoms with van der Waals surface area (Å²) in [5, 5.41) is 10.4. The predicted octanol–water partition coefficient (Wildman–Crippen LogP) is -1.41. The van der Waals surface area contributed by atoms with E-state index >= 15 is 0 Å². The Kier molecular flexibility index (Phi) is 4.00. The first-order chi connectivity index (χ1) is 9.20. The summed E-state index contributed by atoms with van der Waals surface area (Å²) >= 11 is 5.56. The van der Waals surface area contributed by atoms with Crippen molar-refractivity contribution in [2.45, 2.75) is 25.4 Å². The Balaban J connectivity index is 0.00000147. The van der Waals surface area contributed by atoms with Gasteiger partial charge in [0, 0.05) is 11.9 Å². The lowest BCUT2D eigenvalue weighted by molar-refractivity contribution is 0.0948. The van der Waals surface area contributed by atoms with E-state index in [0.717, 1.165) is 17.5 Å². The van der Waals surface area contributed by atoms with Gasteiger partial charge in [-0.1, -0.05) is 5.21 Å². The first-order valence-corrected chi connectivity index (χ1v) is 6.42. The van der Waals surface area contributed by atoms with E-state index in [1.807, 2.05) is 0 Å². The van der Waals surface area contributed by atoms with Crippen molar-refractivity contribution < 1.29 is 10.3 Å². The lowest BCUT2D eigenvalue weighted by atomic mass is 10.4. The number of hydrogen-bond donors (Lipinski definition) is 1. The summed E-state index contributed by atoms with van der Waals surface area (Å²) in [7, 11) is 0. The Morgan fingerprint density at radius 3 is 2.90 bits per heavy atom. The molecule has 0 atom stereocenters. The highest BCUT2D eigenvalue weighted by Crippen LogP contribution is 2.19. The molecular weight excluding hydrogens is 288 g/mol. The molecule has 9 nitrogen and oxygen atoms in total. The zero-order chi connectivity index (χ0) is 13.4. The van der Waals surface area contributed by atoms with E-state index in [1.54, 1.807) is 0 Å². The molecule has 1 fully saturated rings. The van der Waals surface area contributed by atoms with Crippen LogP contribution >= 0.6 is 11.6 Å². The number of carbonyl (C=O) groups is 1. The van der Waals surface area contributed by atoms with Gasteiger partial charge in [-0.15, -0.1) is 16.7 Å². The molecule has 3 rings (SSSR count). The number of amides is 1. The number of fused-ring (bicyclic) bond motifs is 1. The molecule has 0 aliphatic heterocycles. The maximum absolute atomic E-state index is 12.0. The van der Waals surface area contributed by atoms with Crippen molar-refractivity contribution in [2.24, 2.45) is 0 Å². The van der Waals surface area contributed by atoms with E-state index in [9.17, 15) is 9.59 Å². The maximum atomic E-state index is 12.0. The van der Waals surface area contributed by atoms with Gasteiger partial charge in [-0.2, -0.15) is 4.68 Å². The third kappa shape index (κ3) is 2.49. The SMILES string of the molecule is O.O=C(NC1CC1)c1ncn2c(=O)n(CCCl)nnc12. The average molecular weight is 301 g/mol. The van der Waals surface area contributed by atoms with E-state index in [0.29, 0.717) is 0 Å². The minimum Gasteiger partial charge on any atom is -0.412 e. The number of halogens is 1. The molecule has 3 N–H and O–H groups in total. The average Bonchev–Trinajstić information content (AvgIpc) is 3.08. The Morgan fingerprint density at radius 1 is 1.50 bits per heavy atom. The van der Waals surface area contributed by atoms with Crippen LogP contribution in [0.1, 0.15) is 23.3 Å². The fraction of sp³-hybridized carbons (Fsp3) is 0.500. The number of imidazole rings is 1. The van der Waals surface area contributed by atoms with Crippen LogP contribution in [0.3, 0.4) is 0 Å². The highest BCUT2D eigenvalue weighted by molar-refractivity contribution is 6.17. The van der Waals surface area contributed by atoms with E-state index in [2.05, 4.69) is 20.6 Å². The van der Waals surface area contributed by atoms with Crippen LogP contribution in [-0.2, 0) is 6.54 Å². The minimum absolute atomic E-state index is 0. The van der Waals surface area contributed by atoms with Gasteiger partial charge in [0.1, 0.15) is 6.33 Å². The van der Waals surface area contributed by atoms with Gasteiger partial charge in [0.2, 0.25) is 0 Å². The standard InChI is InChI=1S/C10H11ClN6O2.H2O/c11-3-4-17-10(19)16-5-12-7(8(16)14-15-17)9(18)13-6-1-2-6;/h5-6H,1-4H2,(H,13,18);1H2. The molecule has 0 bridgehead atoms. The summed E-state index contributed by atoms with van der Waals surface area (Å²) in [6.07, 6.45) is 3.23. The third-order valence-corrected chi connectivity index (χ3v) is 3.01. The van der Waals surface area contributed by atoms with Gasteiger partial charge in [0.05, 0.1) is 6.54 Å². The number of aryl methyl sites for hydroxylation is 1. The molecule has 0 saturated heterocycles. The molecule has 0 unspecified atom stereocenters. The molecule has 2 aromatic heterocycles. The van der Waals surface area contributed by atoms with Gasteiger partial charge in [-0.05, 0) is 12.8 Å². The van der Waals surface area contributed by atoms with Gasteiger partial charge >= 0.3 is 5.69 Å². The lowest BCUT2D eigenvalue weighted by Crippen LogP contribution is -2.31. The van der Waals surface area contributed by atoms with E-state index in [1.165, 1.54) is 10.7 Å². The van der Waals surface area contributed by atoms with Crippen LogP contribution < -0.4 is 11.0 Å².